The highest BCUT2D eigenvalue weighted by Crippen LogP contribution is 2.34. The molecule has 0 bridgehead atoms. The van der Waals surface area contributed by atoms with Gasteiger partial charge in [0.15, 0.2) is 0 Å². The van der Waals surface area contributed by atoms with E-state index in [9.17, 15) is 5.11 Å². The summed E-state index contributed by atoms with van der Waals surface area (Å²) in [7, 11) is 0. The number of hydrogen-bond donors (Lipinski definition) is 1. The van der Waals surface area contributed by atoms with Gasteiger partial charge in [-0.2, -0.15) is 0 Å². The Labute approximate surface area is 187 Å². The number of aromatic nitrogens is 1. The Hall–Kier alpha value is -1.89. The van der Waals surface area contributed by atoms with Gasteiger partial charge in [0, 0.05) is 31.7 Å². The molecule has 0 saturated carbocycles. The maximum atomic E-state index is 10.5. The summed E-state index contributed by atoms with van der Waals surface area (Å²) in [5, 5.41) is 15.0. The number of hydrogen-bond acceptors (Lipinski definition) is 6. The topological polar surface area (TPSA) is 62.0 Å². The summed E-state index contributed by atoms with van der Waals surface area (Å²) in [5.41, 5.74) is 3.09. The van der Waals surface area contributed by atoms with Crippen LogP contribution in [0, 0.1) is 5.92 Å². The van der Waals surface area contributed by atoms with Gasteiger partial charge in [-0.1, -0.05) is 49.3 Å². The fraction of sp³-hybridized carbons (Fsp3) is 0.640. The maximum absolute atomic E-state index is 10.5. The second-order valence-electron chi connectivity index (χ2n) is 9.12. The molecule has 1 fully saturated rings. The average Bonchev–Trinajstić information content (AvgIpc) is 3.17. The lowest BCUT2D eigenvalue weighted by Gasteiger charge is -2.31. The molecule has 6 heteroatoms. The van der Waals surface area contributed by atoms with Crippen molar-refractivity contribution in [2.24, 2.45) is 5.92 Å². The largest absolute Gasteiger partial charge is 0.389 e. The molecule has 1 aromatic carbocycles. The average molecular weight is 430 g/mol. The maximum Gasteiger partial charge on any atom is 0.232 e. The van der Waals surface area contributed by atoms with Gasteiger partial charge in [-0.15, -0.1) is 0 Å². The van der Waals surface area contributed by atoms with Crippen LogP contribution in [0.3, 0.4) is 0 Å². The van der Waals surface area contributed by atoms with Gasteiger partial charge in [0.25, 0.3) is 0 Å². The van der Waals surface area contributed by atoms with Crippen LogP contribution in [0.15, 0.2) is 34.9 Å². The number of nitrogens with zero attached hydrogens (tertiary/aromatic N) is 3. The van der Waals surface area contributed by atoms with Gasteiger partial charge in [0.1, 0.15) is 5.69 Å². The lowest BCUT2D eigenvalue weighted by atomic mass is 9.98. The van der Waals surface area contributed by atoms with Gasteiger partial charge in [0.2, 0.25) is 5.88 Å². The monoisotopic (exact) mass is 429 g/mol. The number of anilines is 1. The highest BCUT2D eigenvalue weighted by atomic mass is 16.5. The summed E-state index contributed by atoms with van der Waals surface area (Å²) in [6, 6.07) is 10.3. The van der Waals surface area contributed by atoms with Gasteiger partial charge in [-0.05, 0) is 45.6 Å². The molecule has 1 aromatic heterocycles. The first kappa shape index (κ1) is 23.8. The molecule has 0 aliphatic carbocycles. The van der Waals surface area contributed by atoms with Crippen LogP contribution < -0.4 is 4.90 Å². The second-order valence-corrected chi connectivity index (χ2v) is 9.12. The fourth-order valence-electron chi connectivity index (χ4n) is 4.16. The van der Waals surface area contributed by atoms with Crippen LogP contribution in [-0.2, 0) is 11.3 Å². The van der Waals surface area contributed by atoms with Crippen LogP contribution in [-0.4, -0.2) is 60.2 Å². The zero-order valence-corrected chi connectivity index (χ0v) is 19.6. The summed E-state index contributed by atoms with van der Waals surface area (Å²) in [6.45, 7) is 13.0. The number of ether oxygens (including phenoxy) is 1. The van der Waals surface area contributed by atoms with Gasteiger partial charge >= 0.3 is 0 Å². The van der Waals surface area contributed by atoms with E-state index in [0.717, 1.165) is 54.7 Å². The van der Waals surface area contributed by atoms with Gasteiger partial charge in [0.05, 0.1) is 24.4 Å². The number of aliphatic hydroxyl groups excluding tert-OH is 1. The third kappa shape index (κ3) is 6.79. The van der Waals surface area contributed by atoms with Gasteiger partial charge < -0.3 is 19.3 Å². The van der Waals surface area contributed by atoms with E-state index in [1.54, 1.807) is 0 Å². The van der Waals surface area contributed by atoms with E-state index in [2.05, 4.69) is 40.9 Å². The third-order valence-corrected chi connectivity index (χ3v) is 5.90. The molecule has 0 unspecified atom stereocenters. The highest BCUT2D eigenvalue weighted by molar-refractivity contribution is 5.68. The van der Waals surface area contributed by atoms with Crippen molar-refractivity contribution >= 4 is 5.88 Å². The Morgan fingerprint density at radius 3 is 2.58 bits per heavy atom. The molecule has 1 aliphatic heterocycles. The van der Waals surface area contributed by atoms with Crippen LogP contribution in [0.5, 0.6) is 0 Å². The van der Waals surface area contributed by atoms with Crippen LogP contribution in [0.2, 0.25) is 0 Å². The Morgan fingerprint density at radius 1 is 1.23 bits per heavy atom. The van der Waals surface area contributed by atoms with Crippen LogP contribution in [0.25, 0.3) is 11.3 Å². The van der Waals surface area contributed by atoms with Crippen LogP contribution >= 0.6 is 0 Å². The van der Waals surface area contributed by atoms with Crippen molar-refractivity contribution in [3.8, 4) is 11.3 Å². The predicted molar refractivity (Wildman–Crippen MR) is 125 cm³/mol. The third-order valence-electron chi connectivity index (χ3n) is 5.90. The first-order chi connectivity index (χ1) is 15.0. The molecular weight excluding hydrogens is 390 g/mol. The molecule has 1 atom stereocenters. The minimum absolute atomic E-state index is 0.116. The van der Waals surface area contributed by atoms with Crippen molar-refractivity contribution in [3.63, 3.8) is 0 Å². The Bertz CT molecular complexity index is 770. The molecule has 172 valence electrons. The minimum Gasteiger partial charge on any atom is -0.389 e. The Kier molecular flexibility index (Phi) is 8.93. The second kappa shape index (κ2) is 11.7. The molecular formula is C25H39N3O3. The molecule has 1 aliphatic rings. The number of benzene rings is 1. The smallest absolute Gasteiger partial charge is 0.232 e. The first-order valence-electron chi connectivity index (χ1n) is 11.8. The minimum atomic E-state index is -0.520. The summed E-state index contributed by atoms with van der Waals surface area (Å²) < 4.78 is 11.6. The number of aliphatic hydroxyl groups is 1. The lowest BCUT2D eigenvalue weighted by Crippen LogP contribution is -2.37. The van der Waals surface area contributed by atoms with Crippen molar-refractivity contribution in [2.75, 3.05) is 37.7 Å². The molecule has 0 radical (unpaired) electrons. The summed E-state index contributed by atoms with van der Waals surface area (Å²) in [6.07, 6.45) is 2.95. The van der Waals surface area contributed by atoms with Gasteiger partial charge in [-0.25, -0.2) is 0 Å². The summed E-state index contributed by atoms with van der Waals surface area (Å²) in [4.78, 5) is 4.64. The number of rotatable bonds is 11. The van der Waals surface area contributed by atoms with E-state index >= 15 is 0 Å². The van der Waals surface area contributed by atoms with E-state index in [-0.39, 0.29) is 6.10 Å². The zero-order valence-electron chi connectivity index (χ0n) is 19.6. The molecule has 3 rings (SSSR count). The van der Waals surface area contributed by atoms with Crippen molar-refractivity contribution in [2.45, 2.75) is 65.7 Å². The molecule has 31 heavy (non-hydrogen) atoms. The van der Waals surface area contributed by atoms with E-state index in [4.69, 9.17) is 9.26 Å². The van der Waals surface area contributed by atoms with E-state index in [0.29, 0.717) is 19.7 Å². The van der Waals surface area contributed by atoms with Crippen molar-refractivity contribution in [1.29, 1.82) is 0 Å². The molecule has 1 saturated heterocycles. The summed E-state index contributed by atoms with van der Waals surface area (Å²) >= 11 is 0. The van der Waals surface area contributed by atoms with Crippen molar-refractivity contribution in [1.82, 2.24) is 10.1 Å². The fourth-order valence-corrected chi connectivity index (χ4v) is 4.16. The zero-order chi connectivity index (χ0) is 22.2. The Morgan fingerprint density at radius 2 is 1.94 bits per heavy atom. The van der Waals surface area contributed by atoms with E-state index in [1.807, 2.05) is 32.0 Å². The predicted octanol–water partition coefficient (Wildman–Crippen LogP) is 4.58. The molecule has 2 heterocycles. The molecule has 2 aromatic rings. The SMILES string of the molecule is CCCN(Cc1c(-c2ccccc2)noc1N1CCC(C)CC1)C[C@H](O)COC(C)C. The molecule has 0 amide bonds. The van der Waals surface area contributed by atoms with E-state index in [1.165, 1.54) is 12.8 Å². The van der Waals surface area contributed by atoms with E-state index < -0.39 is 6.10 Å². The van der Waals surface area contributed by atoms with Crippen LogP contribution in [0.4, 0.5) is 5.88 Å². The summed E-state index contributed by atoms with van der Waals surface area (Å²) in [5.74, 6) is 1.64. The lowest BCUT2D eigenvalue weighted by molar-refractivity contribution is -0.00948. The van der Waals surface area contributed by atoms with Crippen molar-refractivity contribution in [3.05, 3.63) is 35.9 Å². The molecule has 0 spiro atoms. The Balaban J connectivity index is 1.84. The number of piperidine rings is 1. The highest BCUT2D eigenvalue weighted by Gasteiger charge is 2.27. The van der Waals surface area contributed by atoms with Crippen molar-refractivity contribution < 1.29 is 14.4 Å². The molecule has 6 nitrogen and oxygen atoms in total. The standard InChI is InChI=1S/C25H39N3O3/c1-5-13-27(16-22(29)18-30-19(2)3)17-23-24(21-9-7-6-8-10-21)26-31-25(23)28-14-11-20(4)12-15-28/h6-10,19-20,22,29H,5,11-18H2,1-4H3/t22-/m0/s1. The first-order valence-corrected chi connectivity index (χ1v) is 11.8. The normalized spacial score (nSPS) is 16.4. The molecule has 1 N–H and O–H groups in total. The van der Waals surface area contributed by atoms with Crippen LogP contribution in [0.1, 0.15) is 52.5 Å². The quantitative estimate of drug-likeness (QED) is 0.564. The van der Waals surface area contributed by atoms with Gasteiger partial charge in [-0.3, -0.25) is 4.90 Å².